The largest absolute Gasteiger partial charge is 0.493 e. The Balaban J connectivity index is 1.38. The van der Waals surface area contributed by atoms with Gasteiger partial charge in [-0.2, -0.15) is 0 Å². The molecule has 35 heavy (non-hydrogen) atoms. The van der Waals surface area contributed by atoms with E-state index in [1.807, 2.05) is 59.2 Å². The van der Waals surface area contributed by atoms with E-state index in [1.54, 1.807) is 24.3 Å². The second kappa shape index (κ2) is 10.1. The normalized spacial score (nSPS) is 15.1. The molecule has 0 spiro atoms. The van der Waals surface area contributed by atoms with Gasteiger partial charge in [-0.15, -0.1) is 10.2 Å². The average Bonchev–Trinajstić information content (AvgIpc) is 3.15. The molecule has 8 heteroatoms. The topological polar surface area (TPSA) is 82.7 Å². The fraction of sp³-hybridized carbons (Fsp3) is 0.222. The first-order valence-corrected chi connectivity index (χ1v) is 11.6. The molecular weight excluding hydrogens is 442 g/mol. The van der Waals surface area contributed by atoms with Crippen LogP contribution in [0.15, 0.2) is 89.1 Å². The number of amides is 1. The van der Waals surface area contributed by atoms with Crippen molar-refractivity contribution in [3.8, 4) is 17.4 Å². The molecule has 0 bridgehead atoms. The Hall–Kier alpha value is -4.01. The average molecular weight is 470 g/mol. The van der Waals surface area contributed by atoms with Gasteiger partial charge in [-0.1, -0.05) is 42.5 Å². The first kappa shape index (κ1) is 22.8. The third kappa shape index (κ3) is 5.08. The molecular formula is C27H27N5O3. The lowest BCUT2D eigenvalue weighted by Crippen LogP contribution is -2.44. The van der Waals surface area contributed by atoms with Gasteiger partial charge < -0.3 is 14.7 Å². The summed E-state index contributed by atoms with van der Waals surface area (Å²) in [6.07, 6.45) is 0. The molecule has 1 saturated heterocycles. The Kier molecular flexibility index (Phi) is 6.56. The molecule has 1 aromatic heterocycles. The number of aromatic hydroxyl groups is 1. The van der Waals surface area contributed by atoms with Crippen LogP contribution in [0.1, 0.15) is 10.4 Å². The summed E-state index contributed by atoms with van der Waals surface area (Å²) in [6.45, 7) is 4.34. The fourth-order valence-electron chi connectivity index (χ4n) is 4.17. The van der Waals surface area contributed by atoms with E-state index in [9.17, 15) is 9.90 Å². The van der Waals surface area contributed by atoms with Crippen molar-refractivity contribution in [2.24, 2.45) is 10.2 Å². The van der Waals surface area contributed by atoms with Crippen LogP contribution in [0.4, 0.5) is 5.69 Å². The summed E-state index contributed by atoms with van der Waals surface area (Å²) in [5, 5.41) is 19.9. The number of carbonyl (C=O) groups is 1. The van der Waals surface area contributed by atoms with Crippen LogP contribution in [0.2, 0.25) is 0 Å². The molecule has 5 rings (SSSR count). The summed E-state index contributed by atoms with van der Waals surface area (Å²) in [7, 11) is 2.11. The summed E-state index contributed by atoms with van der Waals surface area (Å²) in [4.78, 5) is 17.4. The Bertz CT molecular complexity index is 1360. The third-order valence-corrected chi connectivity index (χ3v) is 6.16. The molecule has 0 saturated carbocycles. The predicted molar refractivity (Wildman–Crippen MR) is 134 cm³/mol. The molecule has 4 aromatic rings. The zero-order valence-corrected chi connectivity index (χ0v) is 19.5. The molecule has 2 heterocycles. The highest BCUT2D eigenvalue weighted by atomic mass is 16.5. The maximum Gasteiger partial charge on any atom is 0.295 e. The number of rotatable bonds is 6. The molecule has 1 amide bonds. The minimum absolute atomic E-state index is 0.00263. The SMILES string of the molecule is CN1CCN(Cn2c(O)c(N=NC(=O)c3cccc(Oc4ccccc4)c3)c3ccccc32)CC1. The van der Waals surface area contributed by atoms with E-state index in [-0.39, 0.29) is 5.88 Å². The Morgan fingerprint density at radius 3 is 2.43 bits per heavy atom. The minimum atomic E-state index is -0.515. The van der Waals surface area contributed by atoms with Crippen LogP contribution >= 0.6 is 0 Å². The molecule has 0 unspecified atom stereocenters. The highest BCUT2D eigenvalue weighted by Crippen LogP contribution is 2.39. The molecule has 1 aliphatic heterocycles. The van der Waals surface area contributed by atoms with Gasteiger partial charge in [0.15, 0.2) is 5.69 Å². The Labute approximate surface area is 203 Å². The number of para-hydroxylation sites is 2. The first-order valence-electron chi connectivity index (χ1n) is 11.6. The van der Waals surface area contributed by atoms with Crippen molar-refractivity contribution in [3.63, 3.8) is 0 Å². The van der Waals surface area contributed by atoms with Gasteiger partial charge in [-0.05, 0) is 43.4 Å². The standard InChI is InChI=1S/C27H27N5O3/c1-30-14-16-31(17-15-30)19-32-24-13-6-5-12-23(24)25(27(32)34)28-29-26(33)20-8-7-11-22(18-20)35-21-9-3-2-4-10-21/h2-13,18,34H,14-17,19H2,1H3. The molecule has 1 fully saturated rings. The van der Waals surface area contributed by atoms with Crippen LogP contribution in [-0.2, 0) is 6.67 Å². The van der Waals surface area contributed by atoms with E-state index in [2.05, 4.69) is 27.1 Å². The van der Waals surface area contributed by atoms with Gasteiger partial charge in [0, 0.05) is 37.1 Å². The number of likely N-dealkylation sites (N-methyl/N-ethyl adjacent to an activating group) is 1. The summed E-state index contributed by atoms with van der Waals surface area (Å²) in [5.41, 5.74) is 1.49. The van der Waals surface area contributed by atoms with Crippen molar-refractivity contribution in [2.75, 3.05) is 33.2 Å². The van der Waals surface area contributed by atoms with Gasteiger partial charge >= 0.3 is 0 Å². The number of benzene rings is 3. The molecule has 0 aliphatic carbocycles. The molecule has 0 atom stereocenters. The van der Waals surface area contributed by atoms with Crippen LogP contribution in [0, 0.1) is 0 Å². The van der Waals surface area contributed by atoms with E-state index < -0.39 is 5.91 Å². The summed E-state index contributed by atoms with van der Waals surface area (Å²) in [5.74, 6) is 0.697. The van der Waals surface area contributed by atoms with Crippen molar-refractivity contribution < 1.29 is 14.6 Å². The second-order valence-corrected chi connectivity index (χ2v) is 8.63. The van der Waals surface area contributed by atoms with Crippen LogP contribution in [0.25, 0.3) is 10.9 Å². The van der Waals surface area contributed by atoms with Crippen LogP contribution in [0.3, 0.4) is 0 Å². The smallest absolute Gasteiger partial charge is 0.295 e. The number of hydrogen-bond donors (Lipinski definition) is 1. The van der Waals surface area contributed by atoms with Gasteiger partial charge in [0.05, 0.1) is 12.2 Å². The number of azo groups is 1. The van der Waals surface area contributed by atoms with Crippen molar-refractivity contribution in [2.45, 2.75) is 6.67 Å². The lowest BCUT2D eigenvalue weighted by atomic mass is 10.2. The second-order valence-electron chi connectivity index (χ2n) is 8.63. The predicted octanol–water partition coefficient (Wildman–Crippen LogP) is 5.27. The maximum atomic E-state index is 12.8. The van der Waals surface area contributed by atoms with Crippen LogP contribution in [-0.4, -0.2) is 58.6 Å². The van der Waals surface area contributed by atoms with E-state index in [0.717, 1.165) is 37.1 Å². The van der Waals surface area contributed by atoms with Crippen molar-refractivity contribution in [1.29, 1.82) is 0 Å². The van der Waals surface area contributed by atoms with Gasteiger partial charge in [0.2, 0.25) is 5.88 Å². The lowest BCUT2D eigenvalue weighted by molar-refractivity contribution is 0.0994. The van der Waals surface area contributed by atoms with E-state index in [4.69, 9.17) is 4.74 Å². The molecule has 3 aromatic carbocycles. The zero-order chi connectivity index (χ0) is 24.2. The van der Waals surface area contributed by atoms with E-state index >= 15 is 0 Å². The molecule has 1 aliphatic rings. The number of carbonyl (C=O) groups excluding carboxylic acids is 1. The number of nitrogens with zero attached hydrogens (tertiary/aromatic N) is 5. The summed E-state index contributed by atoms with van der Waals surface area (Å²) >= 11 is 0. The number of ether oxygens (including phenoxy) is 1. The Morgan fingerprint density at radius 2 is 1.63 bits per heavy atom. The maximum absolute atomic E-state index is 12.8. The lowest BCUT2D eigenvalue weighted by Gasteiger charge is -2.32. The minimum Gasteiger partial charge on any atom is -0.493 e. The van der Waals surface area contributed by atoms with Crippen molar-refractivity contribution >= 4 is 22.5 Å². The summed E-state index contributed by atoms with van der Waals surface area (Å²) in [6, 6.07) is 23.8. The van der Waals surface area contributed by atoms with Gasteiger partial charge in [0.25, 0.3) is 5.91 Å². The number of hydrogen-bond acceptors (Lipinski definition) is 6. The highest BCUT2D eigenvalue weighted by Gasteiger charge is 2.21. The van der Waals surface area contributed by atoms with Gasteiger partial charge in [-0.25, -0.2) is 0 Å². The molecule has 1 N–H and O–H groups in total. The fourth-order valence-corrected chi connectivity index (χ4v) is 4.17. The monoisotopic (exact) mass is 469 g/mol. The molecule has 178 valence electrons. The first-order chi connectivity index (χ1) is 17.1. The van der Waals surface area contributed by atoms with Crippen LogP contribution in [0.5, 0.6) is 17.4 Å². The quantitative estimate of drug-likeness (QED) is 0.389. The van der Waals surface area contributed by atoms with E-state index in [1.165, 1.54) is 0 Å². The van der Waals surface area contributed by atoms with Crippen molar-refractivity contribution in [1.82, 2.24) is 14.4 Å². The van der Waals surface area contributed by atoms with E-state index in [0.29, 0.717) is 29.4 Å². The number of aromatic nitrogens is 1. The molecule has 0 radical (unpaired) electrons. The Morgan fingerprint density at radius 1 is 0.914 bits per heavy atom. The zero-order valence-electron chi connectivity index (χ0n) is 19.5. The summed E-state index contributed by atoms with van der Waals surface area (Å²) < 4.78 is 7.64. The van der Waals surface area contributed by atoms with Gasteiger partial charge in [-0.3, -0.25) is 14.3 Å². The van der Waals surface area contributed by atoms with Crippen LogP contribution < -0.4 is 4.74 Å². The third-order valence-electron chi connectivity index (χ3n) is 6.16. The van der Waals surface area contributed by atoms with Crippen molar-refractivity contribution in [3.05, 3.63) is 84.4 Å². The van der Waals surface area contributed by atoms with Gasteiger partial charge in [0.1, 0.15) is 11.5 Å². The molecule has 8 nitrogen and oxygen atoms in total. The number of piperazine rings is 1. The number of fused-ring (bicyclic) bond motifs is 1. The highest BCUT2D eigenvalue weighted by molar-refractivity contribution is 5.97.